The molecule has 0 aliphatic carbocycles. The SMILES string of the molecule is COc1ccc(Cl)cc1NC(C)C(=O)O. The number of hydrogen-bond donors (Lipinski definition) is 2. The Balaban J connectivity index is 2.91. The third-order valence-corrected chi connectivity index (χ3v) is 2.14. The maximum Gasteiger partial charge on any atom is 0.325 e. The number of aliphatic carboxylic acids is 1. The quantitative estimate of drug-likeness (QED) is 0.831. The van der Waals surface area contributed by atoms with Crippen molar-refractivity contribution in [1.82, 2.24) is 0 Å². The van der Waals surface area contributed by atoms with Crippen molar-refractivity contribution in [3.63, 3.8) is 0 Å². The van der Waals surface area contributed by atoms with Crippen molar-refractivity contribution < 1.29 is 14.6 Å². The lowest BCUT2D eigenvalue weighted by Crippen LogP contribution is -2.25. The first-order valence-electron chi connectivity index (χ1n) is 4.37. The van der Waals surface area contributed by atoms with Gasteiger partial charge in [-0.05, 0) is 25.1 Å². The zero-order chi connectivity index (χ0) is 11.4. The summed E-state index contributed by atoms with van der Waals surface area (Å²) in [7, 11) is 1.51. The molecular weight excluding hydrogens is 218 g/mol. The smallest absolute Gasteiger partial charge is 0.325 e. The highest BCUT2D eigenvalue weighted by Crippen LogP contribution is 2.28. The van der Waals surface area contributed by atoms with E-state index in [4.69, 9.17) is 21.4 Å². The number of ether oxygens (including phenoxy) is 1. The molecule has 1 atom stereocenters. The molecule has 0 amide bonds. The van der Waals surface area contributed by atoms with Gasteiger partial charge in [0.1, 0.15) is 11.8 Å². The molecular formula is C10H12ClNO3. The van der Waals surface area contributed by atoms with Crippen molar-refractivity contribution in [2.24, 2.45) is 0 Å². The maximum atomic E-state index is 10.7. The molecule has 82 valence electrons. The third-order valence-electron chi connectivity index (χ3n) is 1.90. The van der Waals surface area contributed by atoms with Crippen LogP contribution in [0.2, 0.25) is 5.02 Å². The van der Waals surface area contributed by atoms with Crippen LogP contribution in [0.3, 0.4) is 0 Å². The summed E-state index contributed by atoms with van der Waals surface area (Å²) in [5.74, 6) is -0.371. The number of carboxylic acid groups (broad SMARTS) is 1. The minimum atomic E-state index is -0.933. The first-order chi connectivity index (χ1) is 7.04. The van der Waals surface area contributed by atoms with Gasteiger partial charge in [-0.15, -0.1) is 0 Å². The molecule has 15 heavy (non-hydrogen) atoms. The molecule has 5 heteroatoms. The molecule has 1 aromatic carbocycles. The first kappa shape index (κ1) is 11.7. The van der Waals surface area contributed by atoms with Crippen LogP contribution in [0.4, 0.5) is 5.69 Å². The average Bonchev–Trinajstić information content (AvgIpc) is 2.18. The minimum absolute atomic E-state index is 0.524. The first-order valence-corrected chi connectivity index (χ1v) is 4.75. The Morgan fingerprint density at radius 1 is 1.60 bits per heavy atom. The number of nitrogens with one attached hydrogen (secondary N) is 1. The Labute approximate surface area is 92.8 Å². The molecule has 1 aromatic rings. The molecule has 2 N–H and O–H groups in total. The molecule has 1 rings (SSSR count). The number of rotatable bonds is 4. The molecule has 0 saturated heterocycles. The van der Waals surface area contributed by atoms with Gasteiger partial charge in [-0.3, -0.25) is 4.79 Å². The molecule has 0 bridgehead atoms. The molecule has 0 aromatic heterocycles. The lowest BCUT2D eigenvalue weighted by atomic mass is 10.2. The van der Waals surface area contributed by atoms with Crippen LogP contribution in [-0.2, 0) is 4.79 Å². The van der Waals surface area contributed by atoms with Crippen LogP contribution in [0.15, 0.2) is 18.2 Å². The van der Waals surface area contributed by atoms with Crippen LogP contribution in [0, 0.1) is 0 Å². The standard InChI is InChI=1S/C10H12ClNO3/c1-6(10(13)14)12-8-5-7(11)3-4-9(8)15-2/h3-6,12H,1-2H3,(H,13,14). The van der Waals surface area contributed by atoms with Gasteiger partial charge in [0.25, 0.3) is 0 Å². The van der Waals surface area contributed by atoms with E-state index in [0.717, 1.165) is 0 Å². The Morgan fingerprint density at radius 2 is 2.27 bits per heavy atom. The summed E-state index contributed by atoms with van der Waals surface area (Å²) >= 11 is 5.79. The normalized spacial score (nSPS) is 11.9. The number of carboxylic acids is 1. The second kappa shape index (κ2) is 4.89. The van der Waals surface area contributed by atoms with E-state index < -0.39 is 12.0 Å². The van der Waals surface area contributed by atoms with Gasteiger partial charge in [0, 0.05) is 5.02 Å². The van der Waals surface area contributed by atoms with Crippen molar-refractivity contribution in [3.05, 3.63) is 23.2 Å². The van der Waals surface area contributed by atoms with Crippen molar-refractivity contribution in [2.75, 3.05) is 12.4 Å². The predicted octanol–water partition coefficient (Wildman–Crippen LogP) is 2.23. The number of methoxy groups -OCH3 is 1. The lowest BCUT2D eigenvalue weighted by Gasteiger charge is -2.14. The largest absolute Gasteiger partial charge is 0.495 e. The van der Waals surface area contributed by atoms with E-state index in [9.17, 15) is 4.79 Å². The fraction of sp³-hybridized carbons (Fsp3) is 0.300. The molecule has 1 unspecified atom stereocenters. The van der Waals surface area contributed by atoms with Crippen molar-refractivity contribution >= 4 is 23.3 Å². The van der Waals surface area contributed by atoms with E-state index in [1.165, 1.54) is 7.11 Å². The zero-order valence-corrected chi connectivity index (χ0v) is 9.21. The lowest BCUT2D eigenvalue weighted by molar-refractivity contribution is -0.137. The van der Waals surface area contributed by atoms with E-state index >= 15 is 0 Å². The monoisotopic (exact) mass is 229 g/mol. The summed E-state index contributed by atoms with van der Waals surface area (Å²) in [5, 5.41) is 12.1. The fourth-order valence-corrected chi connectivity index (χ4v) is 1.26. The Bertz CT molecular complexity index is 368. The molecule has 0 radical (unpaired) electrons. The van der Waals surface area contributed by atoms with Gasteiger partial charge in [-0.1, -0.05) is 11.6 Å². The summed E-state index contributed by atoms with van der Waals surface area (Å²) < 4.78 is 5.07. The summed E-state index contributed by atoms with van der Waals surface area (Å²) in [6, 6.07) is 4.29. The van der Waals surface area contributed by atoms with Crippen LogP contribution >= 0.6 is 11.6 Å². The van der Waals surface area contributed by atoms with Gasteiger partial charge in [0.15, 0.2) is 0 Å². The molecule has 4 nitrogen and oxygen atoms in total. The van der Waals surface area contributed by atoms with Gasteiger partial charge in [-0.2, -0.15) is 0 Å². The van der Waals surface area contributed by atoms with Crippen LogP contribution < -0.4 is 10.1 Å². The molecule has 0 fully saturated rings. The molecule has 0 saturated carbocycles. The van der Waals surface area contributed by atoms with E-state index in [-0.39, 0.29) is 0 Å². The highest BCUT2D eigenvalue weighted by Gasteiger charge is 2.13. The molecule has 0 heterocycles. The topological polar surface area (TPSA) is 58.6 Å². The molecule has 0 aliphatic heterocycles. The highest BCUT2D eigenvalue weighted by atomic mass is 35.5. The number of carbonyl (C=O) groups is 1. The maximum absolute atomic E-state index is 10.7. The summed E-state index contributed by atoms with van der Waals surface area (Å²) in [5.41, 5.74) is 0.569. The van der Waals surface area contributed by atoms with Crippen molar-refractivity contribution in [2.45, 2.75) is 13.0 Å². The van der Waals surface area contributed by atoms with Gasteiger partial charge < -0.3 is 15.2 Å². The Hall–Kier alpha value is -1.42. The van der Waals surface area contributed by atoms with Gasteiger partial charge in [0.2, 0.25) is 0 Å². The fourth-order valence-electron chi connectivity index (χ4n) is 1.09. The van der Waals surface area contributed by atoms with Gasteiger partial charge in [0.05, 0.1) is 12.8 Å². The highest BCUT2D eigenvalue weighted by molar-refractivity contribution is 6.30. The van der Waals surface area contributed by atoms with Crippen molar-refractivity contribution in [1.29, 1.82) is 0 Å². The van der Waals surface area contributed by atoms with E-state index in [1.807, 2.05) is 0 Å². The summed E-state index contributed by atoms with van der Waals surface area (Å²) in [4.78, 5) is 10.7. The number of halogens is 1. The van der Waals surface area contributed by atoms with Gasteiger partial charge in [-0.25, -0.2) is 0 Å². The Morgan fingerprint density at radius 3 is 2.80 bits per heavy atom. The summed E-state index contributed by atoms with van der Waals surface area (Å²) in [6.07, 6.45) is 0. The van der Waals surface area contributed by atoms with Crippen LogP contribution in [-0.4, -0.2) is 24.2 Å². The summed E-state index contributed by atoms with van der Waals surface area (Å²) in [6.45, 7) is 1.54. The molecule has 0 spiro atoms. The number of benzene rings is 1. The van der Waals surface area contributed by atoms with Gasteiger partial charge >= 0.3 is 5.97 Å². The van der Waals surface area contributed by atoms with E-state index in [0.29, 0.717) is 16.5 Å². The zero-order valence-electron chi connectivity index (χ0n) is 8.45. The van der Waals surface area contributed by atoms with Crippen LogP contribution in [0.25, 0.3) is 0 Å². The number of anilines is 1. The molecule has 0 aliphatic rings. The second-order valence-corrected chi connectivity index (χ2v) is 3.49. The van der Waals surface area contributed by atoms with E-state index in [1.54, 1.807) is 25.1 Å². The third kappa shape index (κ3) is 3.02. The average molecular weight is 230 g/mol. The van der Waals surface area contributed by atoms with E-state index in [2.05, 4.69) is 5.32 Å². The van der Waals surface area contributed by atoms with Crippen LogP contribution in [0.1, 0.15) is 6.92 Å². The Kier molecular flexibility index (Phi) is 3.80. The second-order valence-electron chi connectivity index (χ2n) is 3.05. The van der Waals surface area contributed by atoms with Crippen LogP contribution in [0.5, 0.6) is 5.75 Å². The predicted molar refractivity (Wildman–Crippen MR) is 58.7 cm³/mol. The van der Waals surface area contributed by atoms with Crippen molar-refractivity contribution in [3.8, 4) is 5.75 Å². The number of hydrogen-bond acceptors (Lipinski definition) is 3. The minimum Gasteiger partial charge on any atom is -0.495 e.